The number of carboxylic acids is 4. The van der Waals surface area contributed by atoms with Crippen molar-refractivity contribution in [2.45, 2.75) is 104 Å². The molecule has 184 valence electrons. The molecule has 4 N–H and O–H groups in total. The summed E-state index contributed by atoms with van der Waals surface area (Å²) < 4.78 is 0. The number of hydrogen-bond acceptors (Lipinski definition) is 4. The topological polar surface area (TPSA) is 149 Å². The summed E-state index contributed by atoms with van der Waals surface area (Å²) in [6, 6.07) is 0. The van der Waals surface area contributed by atoms with Gasteiger partial charge in [0.05, 0.1) is 18.3 Å². The molecule has 0 heterocycles. The van der Waals surface area contributed by atoms with E-state index >= 15 is 0 Å². The summed E-state index contributed by atoms with van der Waals surface area (Å²) in [5, 5.41) is 39.2. The van der Waals surface area contributed by atoms with Crippen molar-refractivity contribution < 1.29 is 39.6 Å². The second-order valence-electron chi connectivity index (χ2n) is 8.57. The van der Waals surface area contributed by atoms with Gasteiger partial charge < -0.3 is 20.4 Å². The summed E-state index contributed by atoms with van der Waals surface area (Å²) in [5.74, 6) is -6.17. The Labute approximate surface area is 190 Å². The van der Waals surface area contributed by atoms with E-state index in [1.165, 1.54) is 6.08 Å². The Morgan fingerprint density at radius 1 is 0.656 bits per heavy atom. The van der Waals surface area contributed by atoms with Crippen LogP contribution in [0.5, 0.6) is 0 Å². The molecule has 0 saturated carbocycles. The number of hydrogen-bond donors (Lipinski definition) is 4. The van der Waals surface area contributed by atoms with Gasteiger partial charge in [-0.25, -0.2) is 0 Å². The molecule has 0 aromatic heterocycles. The van der Waals surface area contributed by atoms with Crippen molar-refractivity contribution in [2.75, 3.05) is 0 Å². The van der Waals surface area contributed by atoms with Gasteiger partial charge in [-0.2, -0.15) is 0 Å². The summed E-state index contributed by atoms with van der Waals surface area (Å²) in [7, 11) is 0. The minimum Gasteiger partial charge on any atom is -0.481 e. The van der Waals surface area contributed by atoms with Crippen molar-refractivity contribution in [3.05, 3.63) is 12.2 Å². The van der Waals surface area contributed by atoms with Crippen LogP contribution in [0.2, 0.25) is 0 Å². The molecule has 0 fully saturated rings. The SMILES string of the molecule is CCCCCCC=CC(CC(=O)O)(C(=O)O)C(CCCCCCCC)(CC(=O)O)C(=O)O. The van der Waals surface area contributed by atoms with Crippen LogP contribution >= 0.6 is 0 Å². The molecule has 8 heteroatoms. The molecular formula is C24H40O8. The van der Waals surface area contributed by atoms with Crippen molar-refractivity contribution in [3.63, 3.8) is 0 Å². The Morgan fingerprint density at radius 2 is 1.16 bits per heavy atom. The summed E-state index contributed by atoms with van der Waals surface area (Å²) in [6.07, 6.45) is 9.38. The summed E-state index contributed by atoms with van der Waals surface area (Å²) in [5.41, 5.74) is -4.63. The van der Waals surface area contributed by atoms with Gasteiger partial charge in [-0.15, -0.1) is 0 Å². The van der Waals surface area contributed by atoms with Crippen LogP contribution in [0.1, 0.15) is 104 Å². The van der Waals surface area contributed by atoms with Crippen LogP contribution in [0.15, 0.2) is 12.2 Å². The van der Waals surface area contributed by atoms with E-state index < -0.39 is 47.5 Å². The lowest BCUT2D eigenvalue weighted by Crippen LogP contribution is -2.53. The van der Waals surface area contributed by atoms with Crippen molar-refractivity contribution >= 4 is 23.9 Å². The lowest BCUT2D eigenvalue weighted by atomic mass is 9.57. The van der Waals surface area contributed by atoms with E-state index in [1.807, 2.05) is 6.92 Å². The average Bonchev–Trinajstić information content (AvgIpc) is 2.70. The van der Waals surface area contributed by atoms with Crippen molar-refractivity contribution in [2.24, 2.45) is 10.8 Å². The highest BCUT2D eigenvalue weighted by Crippen LogP contribution is 2.51. The Hall–Kier alpha value is -2.38. The van der Waals surface area contributed by atoms with Gasteiger partial charge in [-0.1, -0.05) is 83.8 Å². The van der Waals surface area contributed by atoms with Crippen LogP contribution < -0.4 is 0 Å². The van der Waals surface area contributed by atoms with Crippen LogP contribution in [-0.2, 0) is 19.2 Å². The van der Waals surface area contributed by atoms with Crippen molar-refractivity contribution in [3.8, 4) is 0 Å². The maximum atomic E-state index is 12.5. The van der Waals surface area contributed by atoms with Gasteiger partial charge in [-0.3, -0.25) is 19.2 Å². The zero-order valence-electron chi connectivity index (χ0n) is 19.5. The van der Waals surface area contributed by atoms with E-state index in [0.29, 0.717) is 19.3 Å². The molecule has 0 amide bonds. The Balaban J connectivity index is 6.13. The smallest absolute Gasteiger partial charge is 0.315 e. The maximum absolute atomic E-state index is 12.5. The normalized spacial score (nSPS) is 15.2. The van der Waals surface area contributed by atoms with Crippen LogP contribution in [0.25, 0.3) is 0 Å². The molecule has 0 aliphatic carbocycles. The highest BCUT2D eigenvalue weighted by atomic mass is 16.4. The number of allylic oxidation sites excluding steroid dienone is 1. The quantitative estimate of drug-likeness (QED) is 0.141. The maximum Gasteiger partial charge on any atom is 0.315 e. The number of aliphatic carboxylic acids is 4. The van der Waals surface area contributed by atoms with Crippen LogP contribution in [0, 0.1) is 10.8 Å². The van der Waals surface area contributed by atoms with E-state index in [1.54, 1.807) is 0 Å². The number of rotatable bonds is 20. The van der Waals surface area contributed by atoms with Crippen LogP contribution in [-0.4, -0.2) is 44.3 Å². The van der Waals surface area contributed by atoms with Gasteiger partial charge in [-0.05, 0) is 19.3 Å². The summed E-state index contributed by atoms with van der Waals surface area (Å²) >= 11 is 0. The minimum atomic E-state index is -2.36. The van der Waals surface area contributed by atoms with Crippen LogP contribution in [0.4, 0.5) is 0 Å². The van der Waals surface area contributed by atoms with Gasteiger partial charge >= 0.3 is 23.9 Å². The molecule has 0 aromatic carbocycles. The number of unbranched alkanes of at least 4 members (excludes halogenated alkanes) is 9. The predicted octanol–water partition coefficient (Wildman–Crippen LogP) is 5.36. The second kappa shape index (κ2) is 15.4. The first-order valence-electron chi connectivity index (χ1n) is 11.7. The molecule has 0 spiro atoms. The highest BCUT2D eigenvalue weighted by molar-refractivity contribution is 5.94. The Morgan fingerprint density at radius 3 is 1.62 bits per heavy atom. The van der Waals surface area contributed by atoms with E-state index in [0.717, 1.165) is 57.4 Å². The lowest BCUT2D eigenvalue weighted by Gasteiger charge is -2.42. The third-order valence-corrected chi connectivity index (χ3v) is 6.11. The van der Waals surface area contributed by atoms with Gasteiger partial charge in [0, 0.05) is 0 Å². The van der Waals surface area contributed by atoms with E-state index in [2.05, 4.69) is 6.92 Å². The van der Waals surface area contributed by atoms with E-state index in [-0.39, 0.29) is 6.42 Å². The van der Waals surface area contributed by atoms with Crippen molar-refractivity contribution in [1.29, 1.82) is 0 Å². The fourth-order valence-electron chi connectivity index (χ4n) is 4.26. The first-order valence-corrected chi connectivity index (χ1v) is 11.7. The largest absolute Gasteiger partial charge is 0.481 e. The molecule has 32 heavy (non-hydrogen) atoms. The Bertz CT molecular complexity index is 642. The molecule has 8 nitrogen and oxygen atoms in total. The third kappa shape index (κ3) is 9.01. The zero-order chi connectivity index (χ0) is 24.6. The predicted molar refractivity (Wildman–Crippen MR) is 121 cm³/mol. The first-order chi connectivity index (χ1) is 15.1. The van der Waals surface area contributed by atoms with Gasteiger partial charge in [0.2, 0.25) is 0 Å². The standard InChI is InChI=1S/C24H40O8/c1-3-5-7-9-11-13-15-23(21(29)30,17-19(25)26)24(22(31)32,18-20(27)28)16-14-12-10-8-6-4-2/h13,15H,3-12,14,16-18H2,1-2H3,(H,25,26)(H,27,28)(H,29,30)(H,31,32). The van der Waals surface area contributed by atoms with Gasteiger partial charge in [0.1, 0.15) is 5.41 Å². The second-order valence-corrected chi connectivity index (χ2v) is 8.57. The molecule has 0 rings (SSSR count). The van der Waals surface area contributed by atoms with Crippen LogP contribution in [0.3, 0.4) is 0 Å². The molecule has 2 unspecified atom stereocenters. The average molecular weight is 457 g/mol. The number of carboxylic acid groups (broad SMARTS) is 4. The lowest BCUT2D eigenvalue weighted by molar-refractivity contribution is -0.178. The summed E-state index contributed by atoms with van der Waals surface area (Å²) in [4.78, 5) is 48.3. The van der Waals surface area contributed by atoms with E-state index in [4.69, 9.17) is 0 Å². The molecule has 2 atom stereocenters. The fraction of sp³-hybridized carbons (Fsp3) is 0.750. The molecule has 0 aliphatic heterocycles. The van der Waals surface area contributed by atoms with Gasteiger partial charge in [0.25, 0.3) is 0 Å². The fourth-order valence-corrected chi connectivity index (χ4v) is 4.26. The van der Waals surface area contributed by atoms with E-state index in [9.17, 15) is 39.6 Å². The number of carbonyl (C=O) groups is 4. The monoisotopic (exact) mass is 456 g/mol. The molecular weight excluding hydrogens is 416 g/mol. The molecule has 0 saturated heterocycles. The van der Waals surface area contributed by atoms with Gasteiger partial charge in [0.15, 0.2) is 0 Å². The minimum absolute atomic E-state index is 0.222. The molecule has 0 aliphatic rings. The molecule has 0 aromatic rings. The Kier molecular flexibility index (Phi) is 14.3. The molecule has 0 bridgehead atoms. The summed E-state index contributed by atoms with van der Waals surface area (Å²) in [6.45, 7) is 4.11. The highest BCUT2D eigenvalue weighted by Gasteiger charge is 2.61. The molecule has 0 radical (unpaired) electrons. The van der Waals surface area contributed by atoms with Crippen molar-refractivity contribution in [1.82, 2.24) is 0 Å². The first kappa shape index (κ1) is 29.6. The zero-order valence-corrected chi connectivity index (χ0v) is 19.5. The third-order valence-electron chi connectivity index (χ3n) is 6.11.